The summed E-state index contributed by atoms with van der Waals surface area (Å²) in [6.45, 7) is 0.350. The molecule has 0 aromatic heterocycles. The number of carboxylic acid groups (broad SMARTS) is 1. The Morgan fingerprint density at radius 2 is 2.40 bits per heavy atom. The topological polar surface area (TPSA) is 70.3 Å². The Morgan fingerprint density at radius 3 is 3.07 bits per heavy atom. The van der Waals surface area contributed by atoms with E-state index in [-0.39, 0.29) is 0 Å². The molecule has 0 saturated heterocycles. The SMILES string of the molecule is N#Cc1cccc2c1OCCC2C(=O)O. The van der Waals surface area contributed by atoms with E-state index in [0.29, 0.717) is 29.9 Å². The maximum absolute atomic E-state index is 11.0. The minimum absolute atomic E-state index is 0.350. The Bertz CT molecular complexity index is 448. The van der Waals surface area contributed by atoms with Gasteiger partial charge in [0.05, 0.1) is 18.1 Å². The first-order valence-electron chi connectivity index (χ1n) is 4.62. The van der Waals surface area contributed by atoms with Gasteiger partial charge in [0, 0.05) is 5.56 Å². The van der Waals surface area contributed by atoms with Crippen LogP contribution in [0.3, 0.4) is 0 Å². The third kappa shape index (κ3) is 1.52. The number of ether oxygens (including phenoxy) is 1. The van der Waals surface area contributed by atoms with E-state index in [1.54, 1.807) is 18.2 Å². The Morgan fingerprint density at radius 1 is 1.60 bits per heavy atom. The average Bonchev–Trinajstić information content (AvgIpc) is 2.27. The van der Waals surface area contributed by atoms with Crippen molar-refractivity contribution < 1.29 is 14.6 Å². The molecular weight excluding hydrogens is 194 g/mol. The van der Waals surface area contributed by atoms with E-state index in [2.05, 4.69) is 0 Å². The van der Waals surface area contributed by atoms with Crippen LogP contribution in [0.5, 0.6) is 5.75 Å². The van der Waals surface area contributed by atoms with Gasteiger partial charge < -0.3 is 9.84 Å². The molecule has 0 saturated carbocycles. The molecule has 0 amide bonds. The van der Waals surface area contributed by atoms with E-state index in [4.69, 9.17) is 15.1 Å². The monoisotopic (exact) mass is 203 g/mol. The van der Waals surface area contributed by atoms with Gasteiger partial charge in [0.25, 0.3) is 0 Å². The Kier molecular flexibility index (Phi) is 2.30. The lowest BCUT2D eigenvalue weighted by Gasteiger charge is -2.23. The van der Waals surface area contributed by atoms with Crippen LogP contribution in [-0.4, -0.2) is 17.7 Å². The minimum Gasteiger partial charge on any atom is -0.492 e. The van der Waals surface area contributed by atoms with Crippen molar-refractivity contribution in [3.63, 3.8) is 0 Å². The fourth-order valence-corrected chi connectivity index (χ4v) is 1.77. The lowest BCUT2D eigenvalue weighted by atomic mass is 9.92. The third-order valence-corrected chi connectivity index (χ3v) is 2.49. The number of aliphatic carboxylic acids is 1. The lowest BCUT2D eigenvalue weighted by molar-refractivity contribution is -0.139. The van der Waals surface area contributed by atoms with Gasteiger partial charge in [-0.3, -0.25) is 4.79 Å². The first kappa shape index (κ1) is 9.53. The van der Waals surface area contributed by atoms with Crippen molar-refractivity contribution in [1.29, 1.82) is 5.26 Å². The summed E-state index contributed by atoms with van der Waals surface area (Å²) < 4.78 is 5.34. The molecule has 2 rings (SSSR count). The van der Waals surface area contributed by atoms with Crippen molar-refractivity contribution in [3.05, 3.63) is 29.3 Å². The number of nitriles is 1. The summed E-state index contributed by atoms with van der Waals surface area (Å²) in [6, 6.07) is 7.01. The van der Waals surface area contributed by atoms with E-state index in [1.807, 2.05) is 6.07 Å². The normalized spacial score (nSPS) is 18.5. The molecule has 1 aromatic rings. The van der Waals surface area contributed by atoms with Crippen LogP contribution < -0.4 is 4.74 Å². The molecule has 0 spiro atoms. The van der Waals surface area contributed by atoms with E-state index in [1.165, 1.54) is 0 Å². The molecule has 1 atom stereocenters. The second kappa shape index (κ2) is 3.62. The fraction of sp³-hybridized carbons (Fsp3) is 0.273. The maximum Gasteiger partial charge on any atom is 0.311 e. The molecule has 0 aliphatic carbocycles. The molecule has 4 nitrogen and oxygen atoms in total. The molecule has 0 radical (unpaired) electrons. The van der Waals surface area contributed by atoms with Crippen molar-refractivity contribution in [2.45, 2.75) is 12.3 Å². The Balaban J connectivity index is 2.54. The van der Waals surface area contributed by atoms with Gasteiger partial charge in [0.15, 0.2) is 0 Å². The van der Waals surface area contributed by atoms with Crippen LogP contribution in [0.15, 0.2) is 18.2 Å². The molecule has 0 fully saturated rings. The van der Waals surface area contributed by atoms with Gasteiger partial charge in [-0.05, 0) is 12.5 Å². The summed E-state index contributed by atoms with van der Waals surface area (Å²) in [5.41, 5.74) is 1.01. The Labute approximate surface area is 86.7 Å². The van der Waals surface area contributed by atoms with Crippen LogP contribution in [0, 0.1) is 11.3 Å². The summed E-state index contributed by atoms with van der Waals surface area (Å²) in [4.78, 5) is 11.0. The number of hydrogen-bond acceptors (Lipinski definition) is 3. The van der Waals surface area contributed by atoms with Gasteiger partial charge in [0.1, 0.15) is 11.8 Å². The van der Waals surface area contributed by atoms with Crippen molar-refractivity contribution >= 4 is 5.97 Å². The van der Waals surface area contributed by atoms with Crippen LogP contribution in [0.25, 0.3) is 0 Å². The molecule has 76 valence electrons. The molecule has 4 heteroatoms. The van der Waals surface area contributed by atoms with Gasteiger partial charge >= 0.3 is 5.97 Å². The van der Waals surface area contributed by atoms with Crippen LogP contribution in [0.4, 0.5) is 0 Å². The molecule has 0 bridgehead atoms. The third-order valence-electron chi connectivity index (χ3n) is 2.49. The first-order valence-corrected chi connectivity index (χ1v) is 4.62. The van der Waals surface area contributed by atoms with E-state index in [9.17, 15) is 4.79 Å². The molecule has 1 heterocycles. The molecule has 1 aliphatic heterocycles. The quantitative estimate of drug-likeness (QED) is 0.751. The number of nitrogens with zero attached hydrogens (tertiary/aromatic N) is 1. The van der Waals surface area contributed by atoms with Crippen LogP contribution in [0.2, 0.25) is 0 Å². The van der Waals surface area contributed by atoms with Gasteiger partial charge in [0.2, 0.25) is 0 Å². The first-order chi connectivity index (χ1) is 7.24. The van der Waals surface area contributed by atoms with E-state index in [0.717, 1.165) is 0 Å². The maximum atomic E-state index is 11.0. The fourth-order valence-electron chi connectivity index (χ4n) is 1.77. The molecular formula is C11H9NO3. The second-order valence-electron chi connectivity index (χ2n) is 3.36. The predicted molar refractivity (Wildman–Crippen MR) is 51.6 cm³/mol. The highest BCUT2D eigenvalue weighted by Crippen LogP contribution is 2.35. The summed E-state index contributed by atoms with van der Waals surface area (Å²) in [6.07, 6.45) is 0.456. The molecule has 1 aliphatic rings. The number of hydrogen-bond donors (Lipinski definition) is 1. The van der Waals surface area contributed by atoms with E-state index < -0.39 is 11.9 Å². The van der Waals surface area contributed by atoms with Gasteiger partial charge in [-0.25, -0.2) is 0 Å². The smallest absolute Gasteiger partial charge is 0.311 e. The average molecular weight is 203 g/mol. The van der Waals surface area contributed by atoms with Gasteiger partial charge in [-0.1, -0.05) is 12.1 Å². The summed E-state index contributed by atoms with van der Waals surface area (Å²) in [5.74, 6) is -0.990. The summed E-state index contributed by atoms with van der Waals surface area (Å²) >= 11 is 0. The van der Waals surface area contributed by atoms with Gasteiger partial charge in [-0.2, -0.15) is 5.26 Å². The van der Waals surface area contributed by atoms with Crippen molar-refractivity contribution in [2.75, 3.05) is 6.61 Å². The van der Waals surface area contributed by atoms with Crippen molar-refractivity contribution in [3.8, 4) is 11.8 Å². The van der Waals surface area contributed by atoms with Gasteiger partial charge in [-0.15, -0.1) is 0 Å². The number of benzene rings is 1. The predicted octanol–water partition coefficient (Wildman–Crippen LogP) is 1.51. The largest absolute Gasteiger partial charge is 0.492 e. The minimum atomic E-state index is -0.866. The molecule has 15 heavy (non-hydrogen) atoms. The summed E-state index contributed by atoms with van der Waals surface area (Å²) in [5, 5.41) is 17.9. The number of para-hydroxylation sites is 1. The number of carboxylic acids is 1. The zero-order chi connectivity index (χ0) is 10.8. The highest BCUT2D eigenvalue weighted by molar-refractivity contribution is 5.78. The zero-order valence-electron chi connectivity index (χ0n) is 7.93. The summed E-state index contributed by atoms with van der Waals surface area (Å²) in [7, 11) is 0. The number of rotatable bonds is 1. The van der Waals surface area contributed by atoms with Crippen LogP contribution in [-0.2, 0) is 4.79 Å². The molecule has 1 N–H and O–H groups in total. The lowest BCUT2D eigenvalue weighted by Crippen LogP contribution is -2.21. The van der Waals surface area contributed by atoms with Crippen molar-refractivity contribution in [2.24, 2.45) is 0 Å². The molecule has 1 unspecified atom stereocenters. The standard InChI is InChI=1S/C11H9NO3/c12-6-7-2-1-3-8-9(11(13)14)4-5-15-10(7)8/h1-3,9H,4-5H2,(H,13,14). The van der Waals surface area contributed by atoms with E-state index >= 15 is 0 Å². The highest BCUT2D eigenvalue weighted by Gasteiger charge is 2.28. The Hall–Kier alpha value is -2.02. The second-order valence-corrected chi connectivity index (χ2v) is 3.36. The van der Waals surface area contributed by atoms with Crippen LogP contribution >= 0.6 is 0 Å². The van der Waals surface area contributed by atoms with Crippen LogP contribution in [0.1, 0.15) is 23.5 Å². The molecule has 1 aromatic carbocycles. The van der Waals surface area contributed by atoms with Crippen molar-refractivity contribution in [1.82, 2.24) is 0 Å². The zero-order valence-corrected chi connectivity index (χ0v) is 7.93. The number of fused-ring (bicyclic) bond motifs is 1. The number of carbonyl (C=O) groups is 1. The highest BCUT2D eigenvalue weighted by atomic mass is 16.5.